The molecule has 1 aromatic heterocycles. The predicted octanol–water partition coefficient (Wildman–Crippen LogP) is 1.45. The van der Waals surface area contributed by atoms with E-state index >= 15 is 0 Å². The average molecular weight is 337 g/mol. The first kappa shape index (κ1) is 18.6. The molecule has 0 spiro atoms. The second kappa shape index (κ2) is 8.96. The number of hydrogen-bond acceptors (Lipinski definition) is 6. The maximum absolute atomic E-state index is 12.1. The van der Waals surface area contributed by atoms with Crippen LogP contribution in [0.3, 0.4) is 0 Å². The number of aromatic nitrogens is 2. The van der Waals surface area contributed by atoms with Gasteiger partial charge in [0, 0.05) is 18.2 Å². The van der Waals surface area contributed by atoms with Crippen LogP contribution in [0.15, 0.2) is 17.1 Å². The van der Waals surface area contributed by atoms with Gasteiger partial charge in [0.2, 0.25) is 0 Å². The molecule has 3 atom stereocenters. The molecule has 7 nitrogen and oxygen atoms in total. The van der Waals surface area contributed by atoms with Crippen LogP contribution in [-0.2, 0) is 4.74 Å². The molecule has 1 aliphatic heterocycles. The van der Waals surface area contributed by atoms with Crippen LogP contribution in [0.25, 0.3) is 6.08 Å². The zero-order valence-corrected chi connectivity index (χ0v) is 14.1. The zero-order valence-electron chi connectivity index (χ0n) is 14.1. The van der Waals surface area contributed by atoms with Crippen LogP contribution in [0.1, 0.15) is 57.2 Å². The van der Waals surface area contributed by atoms with Crippen molar-refractivity contribution in [3.05, 3.63) is 28.3 Å². The van der Waals surface area contributed by atoms with E-state index in [0.717, 1.165) is 12.8 Å². The van der Waals surface area contributed by atoms with E-state index in [9.17, 15) is 9.90 Å². The summed E-state index contributed by atoms with van der Waals surface area (Å²) in [6, 6.07) is 0. The van der Waals surface area contributed by atoms with Crippen LogP contribution >= 0.6 is 0 Å². The topological polar surface area (TPSA) is 111 Å². The number of rotatable bonds is 8. The number of nitrogens with two attached hydrogens (primary N) is 1. The smallest absolute Gasteiger partial charge is 0.351 e. The summed E-state index contributed by atoms with van der Waals surface area (Å²) in [4.78, 5) is 15.9. The molecule has 1 aliphatic rings. The fourth-order valence-electron chi connectivity index (χ4n) is 2.78. The van der Waals surface area contributed by atoms with Crippen molar-refractivity contribution in [2.45, 2.75) is 63.9 Å². The minimum atomic E-state index is -0.804. The monoisotopic (exact) mass is 337 g/mol. The molecule has 1 aromatic rings. The molecule has 24 heavy (non-hydrogen) atoms. The van der Waals surface area contributed by atoms with Gasteiger partial charge < -0.3 is 20.7 Å². The Kier molecular flexibility index (Phi) is 6.96. The van der Waals surface area contributed by atoms with Crippen molar-refractivity contribution < 1.29 is 14.9 Å². The summed E-state index contributed by atoms with van der Waals surface area (Å²) in [5.74, 6) is 0.179. The van der Waals surface area contributed by atoms with Crippen molar-refractivity contribution in [3.63, 3.8) is 0 Å². The van der Waals surface area contributed by atoms with Crippen LogP contribution in [0.2, 0.25) is 0 Å². The number of allylic oxidation sites excluding steroid dienone is 1. The Bertz CT molecular complexity index is 614. The molecule has 0 amide bonds. The van der Waals surface area contributed by atoms with Gasteiger partial charge in [-0.05, 0) is 12.8 Å². The molecule has 0 aliphatic carbocycles. The van der Waals surface area contributed by atoms with E-state index in [4.69, 9.17) is 15.6 Å². The molecule has 2 heterocycles. The molecular formula is C17H27N3O4. The second-order valence-electron chi connectivity index (χ2n) is 6.14. The standard InChI is InChI=1S/C17H27N3O4/c1-2-3-4-5-6-7-8-12-10-20(17(23)19-16(12)18)15-9-13(22)14(11-21)24-15/h7-8,10,13-15,21-22H,2-6,9,11H2,1H3,(H2,18,19,23)/t13?,14-,15-/m1/s1. The molecular weight excluding hydrogens is 310 g/mol. The molecule has 134 valence electrons. The third-order valence-electron chi connectivity index (χ3n) is 4.23. The highest BCUT2D eigenvalue weighted by Gasteiger charge is 2.35. The second-order valence-corrected chi connectivity index (χ2v) is 6.14. The lowest BCUT2D eigenvalue weighted by Gasteiger charge is -2.15. The first-order chi connectivity index (χ1) is 11.6. The molecule has 0 aromatic carbocycles. The molecule has 0 saturated carbocycles. The summed E-state index contributed by atoms with van der Waals surface area (Å²) >= 11 is 0. The van der Waals surface area contributed by atoms with Crippen molar-refractivity contribution >= 4 is 11.9 Å². The summed E-state index contributed by atoms with van der Waals surface area (Å²) in [7, 11) is 0. The Morgan fingerprint density at radius 1 is 1.46 bits per heavy atom. The lowest BCUT2D eigenvalue weighted by atomic mass is 10.1. The van der Waals surface area contributed by atoms with Crippen LogP contribution < -0.4 is 11.4 Å². The number of aliphatic hydroxyl groups is 2. The highest BCUT2D eigenvalue weighted by molar-refractivity contribution is 5.59. The van der Waals surface area contributed by atoms with Gasteiger partial charge in [0.05, 0.1) is 12.7 Å². The number of hydrogen-bond donors (Lipinski definition) is 3. The van der Waals surface area contributed by atoms with E-state index in [1.165, 1.54) is 23.8 Å². The lowest BCUT2D eigenvalue weighted by molar-refractivity contribution is -0.0458. The van der Waals surface area contributed by atoms with E-state index < -0.39 is 24.1 Å². The molecule has 7 heteroatoms. The SMILES string of the molecule is CCCCCCC=Cc1cn([C@H]2CC(O)[C@@H](CO)O2)c(=O)nc1N. The Hall–Kier alpha value is -1.70. The maximum Gasteiger partial charge on any atom is 0.351 e. The largest absolute Gasteiger partial charge is 0.394 e. The minimum absolute atomic E-state index is 0.179. The first-order valence-corrected chi connectivity index (χ1v) is 8.56. The van der Waals surface area contributed by atoms with E-state index in [0.29, 0.717) is 5.56 Å². The first-order valence-electron chi connectivity index (χ1n) is 8.56. The van der Waals surface area contributed by atoms with E-state index in [2.05, 4.69) is 11.9 Å². The van der Waals surface area contributed by atoms with Gasteiger partial charge in [0.15, 0.2) is 0 Å². The van der Waals surface area contributed by atoms with Gasteiger partial charge in [-0.2, -0.15) is 4.98 Å². The normalized spacial score (nSPS) is 24.0. The quantitative estimate of drug-likeness (QED) is 0.619. The van der Waals surface area contributed by atoms with Crippen LogP contribution in [0.5, 0.6) is 0 Å². The fraction of sp³-hybridized carbons (Fsp3) is 0.647. The lowest BCUT2D eigenvalue weighted by Crippen LogP contribution is -2.28. The van der Waals surface area contributed by atoms with Crippen molar-refractivity contribution in [2.24, 2.45) is 0 Å². The highest BCUT2D eigenvalue weighted by atomic mass is 16.5. The number of aliphatic hydroxyl groups excluding tert-OH is 2. The summed E-state index contributed by atoms with van der Waals surface area (Å²) in [5.41, 5.74) is 5.95. The Labute approximate surface area is 141 Å². The fourth-order valence-corrected chi connectivity index (χ4v) is 2.78. The van der Waals surface area contributed by atoms with Crippen molar-refractivity contribution in [1.29, 1.82) is 0 Å². The molecule has 1 fully saturated rings. The summed E-state index contributed by atoms with van der Waals surface area (Å²) in [6.45, 7) is 1.88. The molecule has 2 rings (SSSR count). The third kappa shape index (κ3) is 4.66. The number of ether oxygens (including phenoxy) is 1. The molecule has 0 bridgehead atoms. The van der Waals surface area contributed by atoms with Crippen molar-refractivity contribution in [2.75, 3.05) is 12.3 Å². The third-order valence-corrected chi connectivity index (χ3v) is 4.23. The number of anilines is 1. The van der Waals surface area contributed by atoms with E-state index in [-0.39, 0.29) is 18.8 Å². The molecule has 1 saturated heterocycles. The summed E-state index contributed by atoms with van der Waals surface area (Å²) in [6.07, 6.45) is 9.29. The van der Waals surface area contributed by atoms with Gasteiger partial charge in [-0.1, -0.05) is 38.3 Å². The van der Waals surface area contributed by atoms with Crippen molar-refractivity contribution in [3.8, 4) is 0 Å². The van der Waals surface area contributed by atoms with Crippen molar-refractivity contribution in [1.82, 2.24) is 9.55 Å². The zero-order chi connectivity index (χ0) is 17.5. The number of unbranched alkanes of at least 4 members (excludes halogenated alkanes) is 4. The predicted molar refractivity (Wildman–Crippen MR) is 92.3 cm³/mol. The van der Waals surface area contributed by atoms with Gasteiger partial charge in [-0.25, -0.2) is 4.79 Å². The Balaban J connectivity index is 2.08. The Morgan fingerprint density at radius 3 is 2.92 bits per heavy atom. The minimum Gasteiger partial charge on any atom is -0.394 e. The van der Waals surface area contributed by atoms with Gasteiger partial charge >= 0.3 is 5.69 Å². The van der Waals surface area contributed by atoms with Crippen LogP contribution in [0.4, 0.5) is 5.82 Å². The molecule has 1 unspecified atom stereocenters. The average Bonchev–Trinajstić information content (AvgIpc) is 2.93. The Morgan fingerprint density at radius 2 is 2.25 bits per heavy atom. The number of nitrogen functional groups attached to an aromatic ring is 1. The summed E-state index contributed by atoms with van der Waals surface area (Å²) in [5, 5.41) is 19.0. The van der Waals surface area contributed by atoms with E-state index in [1.807, 2.05) is 12.2 Å². The maximum atomic E-state index is 12.1. The van der Waals surface area contributed by atoms with Gasteiger partial charge in [0.1, 0.15) is 18.1 Å². The molecule has 0 radical (unpaired) electrons. The van der Waals surface area contributed by atoms with Gasteiger partial charge in [0.25, 0.3) is 0 Å². The van der Waals surface area contributed by atoms with Gasteiger partial charge in [-0.3, -0.25) is 4.57 Å². The number of nitrogens with zero attached hydrogens (tertiary/aromatic N) is 2. The summed E-state index contributed by atoms with van der Waals surface area (Å²) < 4.78 is 6.84. The highest BCUT2D eigenvalue weighted by Crippen LogP contribution is 2.28. The van der Waals surface area contributed by atoms with Crippen LogP contribution in [-0.4, -0.2) is 38.6 Å². The molecule has 4 N–H and O–H groups in total. The van der Waals surface area contributed by atoms with E-state index in [1.54, 1.807) is 6.20 Å². The van der Waals surface area contributed by atoms with Gasteiger partial charge in [-0.15, -0.1) is 0 Å². The van der Waals surface area contributed by atoms with Crippen LogP contribution in [0, 0.1) is 0 Å².